The van der Waals surface area contributed by atoms with E-state index in [1.807, 2.05) is 19.2 Å². The van der Waals surface area contributed by atoms with E-state index in [2.05, 4.69) is 5.32 Å². The molecule has 0 fully saturated rings. The quantitative estimate of drug-likeness (QED) is 0.428. The molecule has 0 aromatic heterocycles. The third-order valence-corrected chi connectivity index (χ3v) is 4.82. The van der Waals surface area contributed by atoms with Gasteiger partial charge in [0, 0.05) is 10.6 Å². The van der Waals surface area contributed by atoms with Gasteiger partial charge in [0.05, 0.1) is 15.6 Å². The summed E-state index contributed by atoms with van der Waals surface area (Å²) < 4.78 is 5.00. The van der Waals surface area contributed by atoms with Crippen molar-refractivity contribution >= 4 is 52.5 Å². The van der Waals surface area contributed by atoms with E-state index >= 15 is 0 Å². The number of hydrogen-bond acceptors (Lipinski definition) is 5. The van der Waals surface area contributed by atoms with Gasteiger partial charge in [0.15, 0.2) is 6.61 Å². The number of nitrogens with one attached hydrogen (secondary N) is 1. The Morgan fingerprint density at radius 3 is 2.50 bits per heavy atom. The van der Waals surface area contributed by atoms with Crippen molar-refractivity contribution in [3.05, 3.63) is 57.1 Å². The van der Waals surface area contributed by atoms with Gasteiger partial charge in [0.2, 0.25) is 0 Å². The monoisotopic (exact) mass is 408 g/mol. The van der Waals surface area contributed by atoms with Crippen LogP contribution in [0.3, 0.4) is 0 Å². The lowest BCUT2D eigenvalue weighted by Crippen LogP contribution is -2.22. The molecule has 0 saturated carbocycles. The summed E-state index contributed by atoms with van der Waals surface area (Å²) in [6.45, 7) is 3.18. The number of carbonyl (C=O) groups is 2. The topological polar surface area (TPSA) is 79.2 Å². The number of esters is 1. The van der Waals surface area contributed by atoms with Gasteiger partial charge in [-0.15, -0.1) is 0 Å². The van der Waals surface area contributed by atoms with E-state index in [1.165, 1.54) is 6.07 Å². The molecule has 26 heavy (non-hydrogen) atoms. The van der Waals surface area contributed by atoms with Gasteiger partial charge in [0.1, 0.15) is 5.40 Å². The van der Waals surface area contributed by atoms with Gasteiger partial charge in [-0.25, -0.2) is 4.79 Å². The third-order valence-electron chi connectivity index (χ3n) is 3.44. The number of aryl methyl sites for hydroxylation is 2. The minimum absolute atomic E-state index is 0.0804. The number of thioether (sulfide) groups is 1. The number of amides is 1. The predicted octanol–water partition coefficient (Wildman–Crippen LogP) is 4.98. The second kappa shape index (κ2) is 8.95. The van der Waals surface area contributed by atoms with Gasteiger partial charge in [-0.3, -0.25) is 4.79 Å². The minimum atomic E-state index is -0.734. The maximum atomic E-state index is 12.1. The minimum Gasteiger partial charge on any atom is -0.452 e. The number of nitriles is 1. The van der Waals surface area contributed by atoms with E-state index in [9.17, 15) is 9.59 Å². The van der Waals surface area contributed by atoms with E-state index in [1.54, 1.807) is 24.3 Å². The Bertz CT molecular complexity index is 887. The molecule has 2 aromatic carbocycles. The fourth-order valence-electron chi connectivity index (χ4n) is 2.28. The number of ether oxygens (including phenoxy) is 1. The Hall–Kier alpha value is -2.20. The van der Waals surface area contributed by atoms with Crippen molar-refractivity contribution < 1.29 is 14.3 Å². The highest BCUT2D eigenvalue weighted by Crippen LogP contribution is 2.28. The van der Waals surface area contributed by atoms with Gasteiger partial charge in [-0.2, -0.15) is 5.26 Å². The lowest BCUT2D eigenvalue weighted by atomic mass is 10.1. The SMILES string of the molecule is Cc1cc(SC#N)cc(C)c1NC(=O)COC(=O)c1cccc(Cl)c1Cl. The average Bonchev–Trinajstić information content (AvgIpc) is 2.59. The second-order valence-electron chi connectivity index (χ2n) is 5.35. The van der Waals surface area contributed by atoms with E-state index in [4.69, 9.17) is 33.2 Å². The molecule has 0 aliphatic carbocycles. The zero-order valence-corrected chi connectivity index (χ0v) is 16.3. The lowest BCUT2D eigenvalue weighted by molar-refractivity contribution is -0.119. The van der Waals surface area contributed by atoms with Crippen LogP contribution < -0.4 is 5.32 Å². The molecule has 8 heteroatoms. The van der Waals surface area contributed by atoms with Gasteiger partial charge in [0.25, 0.3) is 5.91 Å². The highest BCUT2D eigenvalue weighted by molar-refractivity contribution is 8.03. The molecule has 0 heterocycles. The molecule has 2 aromatic rings. The maximum absolute atomic E-state index is 12.1. The molecule has 0 aliphatic rings. The van der Waals surface area contributed by atoms with Gasteiger partial charge < -0.3 is 10.1 Å². The molecule has 0 aliphatic heterocycles. The molecule has 0 atom stereocenters. The molecule has 1 amide bonds. The van der Waals surface area contributed by atoms with Crippen molar-refractivity contribution in [2.24, 2.45) is 0 Å². The number of benzene rings is 2. The maximum Gasteiger partial charge on any atom is 0.340 e. The molecule has 0 bridgehead atoms. The van der Waals surface area contributed by atoms with E-state index < -0.39 is 18.5 Å². The summed E-state index contributed by atoms with van der Waals surface area (Å²) in [5.41, 5.74) is 2.33. The molecule has 0 radical (unpaired) electrons. The van der Waals surface area contributed by atoms with Crippen LogP contribution in [0.15, 0.2) is 35.2 Å². The molecular weight excluding hydrogens is 395 g/mol. The standard InChI is InChI=1S/C18H14Cl2N2O3S/c1-10-6-12(26-9-21)7-11(2)17(10)22-15(23)8-25-18(24)13-4-3-5-14(19)16(13)20/h3-7H,8H2,1-2H3,(H,22,23). The van der Waals surface area contributed by atoms with Crippen LogP contribution >= 0.6 is 35.0 Å². The molecule has 5 nitrogen and oxygen atoms in total. The van der Waals surface area contributed by atoms with E-state index in [0.29, 0.717) is 5.69 Å². The summed E-state index contributed by atoms with van der Waals surface area (Å²) in [7, 11) is 0. The van der Waals surface area contributed by atoms with Crippen LogP contribution in [-0.2, 0) is 9.53 Å². The van der Waals surface area contributed by atoms with Crippen LogP contribution in [0.4, 0.5) is 5.69 Å². The van der Waals surface area contributed by atoms with Crippen molar-refractivity contribution in [2.45, 2.75) is 18.7 Å². The number of halogens is 2. The predicted molar refractivity (Wildman–Crippen MR) is 103 cm³/mol. The summed E-state index contributed by atoms with van der Waals surface area (Å²) in [6, 6.07) is 8.18. The first-order chi connectivity index (χ1) is 12.3. The van der Waals surface area contributed by atoms with Crippen molar-refractivity contribution in [3.8, 4) is 5.40 Å². The van der Waals surface area contributed by atoms with Crippen LogP contribution in [0, 0.1) is 24.5 Å². The van der Waals surface area contributed by atoms with E-state index in [-0.39, 0.29) is 15.6 Å². The summed E-state index contributed by atoms with van der Waals surface area (Å²) >= 11 is 12.9. The van der Waals surface area contributed by atoms with Crippen molar-refractivity contribution in [2.75, 3.05) is 11.9 Å². The normalized spacial score (nSPS) is 10.1. The first-order valence-electron chi connectivity index (χ1n) is 7.41. The number of thiocyanates is 1. The summed E-state index contributed by atoms with van der Waals surface area (Å²) in [5, 5.41) is 13.8. The van der Waals surface area contributed by atoms with Crippen LogP contribution in [0.1, 0.15) is 21.5 Å². The largest absolute Gasteiger partial charge is 0.452 e. The van der Waals surface area contributed by atoms with Crippen LogP contribution in [-0.4, -0.2) is 18.5 Å². The molecule has 1 N–H and O–H groups in total. The summed E-state index contributed by atoms with van der Waals surface area (Å²) in [4.78, 5) is 25.0. The summed E-state index contributed by atoms with van der Waals surface area (Å²) in [6.07, 6.45) is 0. The van der Waals surface area contributed by atoms with Gasteiger partial charge in [-0.1, -0.05) is 29.3 Å². The zero-order chi connectivity index (χ0) is 19.3. The van der Waals surface area contributed by atoms with Crippen molar-refractivity contribution in [1.29, 1.82) is 5.26 Å². The number of carbonyl (C=O) groups excluding carboxylic acids is 2. The first kappa shape index (κ1) is 20.1. The Kier molecular flexibility index (Phi) is 6.92. The molecular formula is C18H14Cl2N2O3S. The zero-order valence-electron chi connectivity index (χ0n) is 13.9. The smallest absolute Gasteiger partial charge is 0.340 e. The van der Waals surface area contributed by atoms with Crippen LogP contribution in [0.25, 0.3) is 0 Å². The Balaban J connectivity index is 2.02. The molecule has 2 rings (SSSR count). The number of hydrogen-bond donors (Lipinski definition) is 1. The lowest BCUT2D eigenvalue weighted by Gasteiger charge is -2.13. The molecule has 0 spiro atoms. The third kappa shape index (κ3) is 4.92. The highest BCUT2D eigenvalue weighted by atomic mass is 35.5. The fraction of sp³-hybridized carbons (Fsp3) is 0.167. The van der Waals surface area contributed by atoms with Crippen LogP contribution in [0.2, 0.25) is 10.0 Å². The number of nitrogens with zero attached hydrogens (tertiary/aromatic N) is 1. The van der Waals surface area contributed by atoms with Crippen molar-refractivity contribution in [1.82, 2.24) is 0 Å². The Labute approximate surface area is 165 Å². The van der Waals surface area contributed by atoms with Gasteiger partial charge >= 0.3 is 5.97 Å². The Morgan fingerprint density at radius 1 is 1.23 bits per heavy atom. The first-order valence-corrected chi connectivity index (χ1v) is 8.99. The second-order valence-corrected chi connectivity index (χ2v) is 6.99. The van der Waals surface area contributed by atoms with Gasteiger partial charge in [-0.05, 0) is 61.0 Å². The fourth-order valence-corrected chi connectivity index (χ4v) is 3.23. The average molecular weight is 409 g/mol. The molecule has 0 unspecified atom stereocenters. The number of rotatable bonds is 5. The van der Waals surface area contributed by atoms with Crippen molar-refractivity contribution in [3.63, 3.8) is 0 Å². The molecule has 134 valence electrons. The Morgan fingerprint density at radius 2 is 1.88 bits per heavy atom. The van der Waals surface area contributed by atoms with Crippen LogP contribution in [0.5, 0.6) is 0 Å². The molecule has 0 saturated heterocycles. The number of anilines is 1. The summed E-state index contributed by atoms with van der Waals surface area (Å²) in [5.74, 6) is -1.22. The van der Waals surface area contributed by atoms with E-state index in [0.717, 1.165) is 27.8 Å². The highest BCUT2D eigenvalue weighted by Gasteiger charge is 2.16.